The van der Waals surface area contributed by atoms with Crippen molar-refractivity contribution in [3.63, 3.8) is 0 Å². The Bertz CT molecular complexity index is 271. The SMILES string of the molecule is Cc1cnc(C(C)NCCC(C)O)o1. The van der Waals surface area contributed by atoms with E-state index < -0.39 is 0 Å². The second-order valence-corrected chi connectivity index (χ2v) is 3.62. The third-order valence-electron chi connectivity index (χ3n) is 2.02. The van der Waals surface area contributed by atoms with Crippen molar-refractivity contribution in [3.05, 3.63) is 17.8 Å². The van der Waals surface area contributed by atoms with Crippen LogP contribution in [0.25, 0.3) is 0 Å². The number of aromatic nitrogens is 1. The van der Waals surface area contributed by atoms with Crippen molar-refractivity contribution in [2.24, 2.45) is 0 Å². The van der Waals surface area contributed by atoms with Crippen molar-refractivity contribution in [2.45, 2.75) is 39.3 Å². The molecule has 1 aromatic heterocycles. The molecule has 4 heteroatoms. The third-order valence-corrected chi connectivity index (χ3v) is 2.02. The topological polar surface area (TPSA) is 58.3 Å². The van der Waals surface area contributed by atoms with Crippen LogP contribution in [0.15, 0.2) is 10.6 Å². The van der Waals surface area contributed by atoms with Gasteiger partial charge in [-0.05, 0) is 33.7 Å². The summed E-state index contributed by atoms with van der Waals surface area (Å²) in [6.45, 7) is 6.41. The highest BCUT2D eigenvalue weighted by Crippen LogP contribution is 2.11. The zero-order valence-electron chi connectivity index (χ0n) is 8.95. The van der Waals surface area contributed by atoms with Crippen LogP contribution in [0.3, 0.4) is 0 Å². The van der Waals surface area contributed by atoms with Gasteiger partial charge in [-0.1, -0.05) is 0 Å². The number of nitrogens with zero attached hydrogens (tertiary/aromatic N) is 1. The minimum absolute atomic E-state index is 0.0995. The van der Waals surface area contributed by atoms with E-state index in [0.717, 1.165) is 18.7 Å². The van der Waals surface area contributed by atoms with Crippen LogP contribution in [-0.2, 0) is 0 Å². The third kappa shape index (κ3) is 3.47. The van der Waals surface area contributed by atoms with Gasteiger partial charge in [-0.15, -0.1) is 0 Å². The average Bonchev–Trinajstić information content (AvgIpc) is 2.51. The van der Waals surface area contributed by atoms with E-state index in [1.54, 1.807) is 13.1 Å². The van der Waals surface area contributed by atoms with Gasteiger partial charge in [0.05, 0.1) is 18.3 Å². The van der Waals surface area contributed by atoms with E-state index >= 15 is 0 Å². The molecule has 0 saturated carbocycles. The second kappa shape index (κ2) is 5.12. The minimum atomic E-state index is -0.263. The van der Waals surface area contributed by atoms with Crippen LogP contribution in [-0.4, -0.2) is 22.7 Å². The molecular weight excluding hydrogens is 180 g/mol. The number of aliphatic hydroxyl groups excluding tert-OH is 1. The van der Waals surface area contributed by atoms with E-state index in [-0.39, 0.29) is 12.1 Å². The van der Waals surface area contributed by atoms with Gasteiger partial charge in [0.1, 0.15) is 5.76 Å². The van der Waals surface area contributed by atoms with Gasteiger partial charge in [0, 0.05) is 0 Å². The Labute approximate surface area is 84.3 Å². The quantitative estimate of drug-likeness (QED) is 0.751. The molecule has 4 nitrogen and oxygen atoms in total. The first kappa shape index (κ1) is 11.2. The largest absolute Gasteiger partial charge is 0.444 e. The molecule has 0 fully saturated rings. The first-order chi connectivity index (χ1) is 6.59. The number of aliphatic hydroxyl groups is 1. The average molecular weight is 198 g/mol. The van der Waals surface area contributed by atoms with Gasteiger partial charge >= 0.3 is 0 Å². The van der Waals surface area contributed by atoms with Crippen molar-refractivity contribution >= 4 is 0 Å². The standard InChI is InChI=1S/C10H18N2O2/c1-7(13)4-5-11-9(3)10-12-6-8(2)14-10/h6-7,9,11,13H,4-5H2,1-3H3. The highest BCUT2D eigenvalue weighted by Gasteiger charge is 2.10. The van der Waals surface area contributed by atoms with Crippen LogP contribution in [0.2, 0.25) is 0 Å². The number of hydrogen-bond donors (Lipinski definition) is 2. The monoisotopic (exact) mass is 198 g/mol. The Morgan fingerprint density at radius 3 is 2.79 bits per heavy atom. The molecule has 0 amide bonds. The van der Waals surface area contributed by atoms with E-state index in [9.17, 15) is 0 Å². The molecule has 0 aliphatic carbocycles. The van der Waals surface area contributed by atoms with Crippen molar-refractivity contribution < 1.29 is 9.52 Å². The van der Waals surface area contributed by atoms with Gasteiger partial charge in [0.15, 0.2) is 0 Å². The maximum atomic E-state index is 9.06. The van der Waals surface area contributed by atoms with Crippen LogP contribution in [0.1, 0.15) is 38.0 Å². The molecule has 0 aliphatic rings. The molecule has 1 rings (SSSR count). The van der Waals surface area contributed by atoms with Crippen LogP contribution in [0.5, 0.6) is 0 Å². The Morgan fingerprint density at radius 1 is 1.57 bits per heavy atom. The summed E-state index contributed by atoms with van der Waals surface area (Å²) in [6.07, 6.45) is 2.19. The Morgan fingerprint density at radius 2 is 2.29 bits per heavy atom. The van der Waals surface area contributed by atoms with Crippen molar-refractivity contribution in [2.75, 3.05) is 6.54 Å². The number of rotatable bonds is 5. The maximum absolute atomic E-state index is 9.06. The molecule has 14 heavy (non-hydrogen) atoms. The van der Waals surface area contributed by atoms with Crippen LogP contribution in [0.4, 0.5) is 0 Å². The lowest BCUT2D eigenvalue weighted by atomic mass is 10.2. The molecule has 2 N–H and O–H groups in total. The molecule has 1 aromatic rings. The maximum Gasteiger partial charge on any atom is 0.211 e. The van der Waals surface area contributed by atoms with E-state index in [2.05, 4.69) is 10.3 Å². The van der Waals surface area contributed by atoms with E-state index in [1.807, 2.05) is 13.8 Å². The van der Waals surface area contributed by atoms with Crippen LogP contribution in [0, 0.1) is 6.92 Å². The molecule has 0 radical (unpaired) electrons. The number of hydrogen-bond acceptors (Lipinski definition) is 4. The Kier molecular flexibility index (Phi) is 4.10. The summed E-state index contributed by atoms with van der Waals surface area (Å²) in [5.74, 6) is 1.53. The zero-order chi connectivity index (χ0) is 10.6. The molecular formula is C10H18N2O2. The minimum Gasteiger partial charge on any atom is -0.444 e. The summed E-state index contributed by atoms with van der Waals surface area (Å²) in [7, 11) is 0. The molecule has 0 bridgehead atoms. The van der Waals surface area contributed by atoms with E-state index in [4.69, 9.17) is 9.52 Å². The number of aryl methyl sites for hydroxylation is 1. The lowest BCUT2D eigenvalue weighted by Gasteiger charge is -2.10. The normalized spacial score (nSPS) is 15.4. The molecule has 2 atom stereocenters. The first-order valence-corrected chi connectivity index (χ1v) is 4.93. The fourth-order valence-corrected chi connectivity index (χ4v) is 1.17. The number of nitrogens with one attached hydrogen (secondary N) is 1. The van der Waals surface area contributed by atoms with Crippen molar-refractivity contribution in [1.82, 2.24) is 10.3 Å². The highest BCUT2D eigenvalue weighted by molar-refractivity contribution is 4.94. The lowest BCUT2D eigenvalue weighted by molar-refractivity contribution is 0.181. The molecule has 0 saturated heterocycles. The van der Waals surface area contributed by atoms with Crippen LogP contribution < -0.4 is 5.32 Å². The van der Waals surface area contributed by atoms with Crippen molar-refractivity contribution in [1.29, 1.82) is 0 Å². The van der Waals surface area contributed by atoms with Gasteiger partial charge in [-0.3, -0.25) is 0 Å². The Hall–Kier alpha value is -0.870. The predicted octanol–water partition coefficient (Wildman–Crippen LogP) is 1.40. The summed E-state index contributed by atoms with van der Waals surface area (Å²) in [4.78, 5) is 4.12. The molecule has 80 valence electrons. The van der Waals surface area contributed by atoms with Gasteiger partial charge in [0.25, 0.3) is 0 Å². The molecule has 2 unspecified atom stereocenters. The van der Waals surface area contributed by atoms with Gasteiger partial charge in [-0.25, -0.2) is 4.98 Å². The molecule has 0 aromatic carbocycles. The second-order valence-electron chi connectivity index (χ2n) is 3.62. The summed E-state index contributed by atoms with van der Waals surface area (Å²) in [5.41, 5.74) is 0. The highest BCUT2D eigenvalue weighted by atomic mass is 16.4. The fraction of sp³-hybridized carbons (Fsp3) is 0.700. The Balaban J connectivity index is 2.32. The van der Waals surface area contributed by atoms with Crippen molar-refractivity contribution in [3.8, 4) is 0 Å². The van der Waals surface area contributed by atoms with Gasteiger partial charge in [0.2, 0.25) is 5.89 Å². The van der Waals surface area contributed by atoms with Gasteiger partial charge in [-0.2, -0.15) is 0 Å². The van der Waals surface area contributed by atoms with E-state index in [1.165, 1.54) is 0 Å². The zero-order valence-corrected chi connectivity index (χ0v) is 8.95. The smallest absolute Gasteiger partial charge is 0.211 e. The van der Waals surface area contributed by atoms with Gasteiger partial charge < -0.3 is 14.8 Å². The number of oxazole rings is 1. The lowest BCUT2D eigenvalue weighted by Crippen LogP contribution is -2.22. The molecule has 0 spiro atoms. The molecule has 0 aliphatic heterocycles. The van der Waals surface area contributed by atoms with Crippen LogP contribution >= 0.6 is 0 Å². The summed E-state index contributed by atoms with van der Waals surface area (Å²) >= 11 is 0. The fourth-order valence-electron chi connectivity index (χ4n) is 1.17. The summed E-state index contributed by atoms with van der Waals surface area (Å²) in [6, 6.07) is 0.0995. The predicted molar refractivity (Wildman–Crippen MR) is 54.0 cm³/mol. The summed E-state index contributed by atoms with van der Waals surface area (Å²) in [5, 5.41) is 12.3. The van der Waals surface area contributed by atoms with E-state index in [0.29, 0.717) is 5.89 Å². The summed E-state index contributed by atoms with van der Waals surface area (Å²) < 4.78 is 5.37. The molecule has 1 heterocycles. The first-order valence-electron chi connectivity index (χ1n) is 4.93.